The Morgan fingerprint density at radius 3 is 2.50 bits per heavy atom. The largest absolute Gasteiger partial charge is 0.491 e. The lowest BCUT2D eigenvalue weighted by Crippen LogP contribution is -2.16. The second kappa shape index (κ2) is 8.73. The van der Waals surface area contributed by atoms with Crippen LogP contribution in [0.5, 0.6) is 5.75 Å². The number of hydrogen-bond acceptors (Lipinski definition) is 3. The van der Waals surface area contributed by atoms with Gasteiger partial charge < -0.3 is 15.4 Å². The second-order valence-electron chi connectivity index (χ2n) is 5.88. The van der Waals surface area contributed by atoms with Gasteiger partial charge in [0.15, 0.2) is 0 Å². The number of aryl methyl sites for hydroxylation is 1. The third-order valence-corrected chi connectivity index (χ3v) is 3.86. The zero-order valence-electron chi connectivity index (χ0n) is 14.2. The molecule has 2 aromatic carbocycles. The average Bonchev–Trinajstić information content (AvgIpc) is 2.51. The summed E-state index contributed by atoms with van der Waals surface area (Å²) in [5.74, 6) is 0.840. The molecule has 0 fully saturated rings. The monoisotopic (exact) mass is 390 g/mol. The normalized spacial score (nSPS) is 10.5. The van der Waals surface area contributed by atoms with E-state index in [2.05, 4.69) is 26.6 Å². The summed E-state index contributed by atoms with van der Waals surface area (Å²) in [5.41, 5.74) is 2.85. The molecular weight excluding hydrogens is 368 g/mol. The Balaban J connectivity index is 1.78. The maximum atomic E-state index is 12.0. The van der Waals surface area contributed by atoms with E-state index in [1.165, 1.54) is 0 Å². The lowest BCUT2D eigenvalue weighted by Gasteiger charge is -2.12. The molecule has 0 radical (unpaired) electrons. The molecule has 0 bridgehead atoms. The van der Waals surface area contributed by atoms with Crippen LogP contribution in [0.2, 0.25) is 0 Å². The van der Waals surface area contributed by atoms with Crippen LogP contribution in [-0.4, -0.2) is 18.6 Å². The van der Waals surface area contributed by atoms with Crippen molar-refractivity contribution in [2.45, 2.75) is 33.3 Å². The molecule has 0 aromatic heterocycles. The Kier molecular flexibility index (Phi) is 6.67. The maximum Gasteiger partial charge on any atom is 0.226 e. The molecule has 5 heteroatoms. The molecule has 0 atom stereocenters. The zero-order valence-corrected chi connectivity index (χ0v) is 15.8. The van der Waals surface area contributed by atoms with E-state index < -0.39 is 0 Å². The van der Waals surface area contributed by atoms with Crippen molar-refractivity contribution >= 4 is 33.2 Å². The van der Waals surface area contributed by atoms with Gasteiger partial charge in [0.2, 0.25) is 5.91 Å². The molecule has 0 saturated carbocycles. The Labute approximate surface area is 151 Å². The fourth-order valence-corrected chi connectivity index (χ4v) is 2.70. The highest BCUT2D eigenvalue weighted by Gasteiger charge is 2.05. The van der Waals surface area contributed by atoms with Gasteiger partial charge in [0.25, 0.3) is 0 Å². The molecule has 0 spiro atoms. The van der Waals surface area contributed by atoms with Gasteiger partial charge >= 0.3 is 0 Å². The molecule has 24 heavy (non-hydrogen) atoms. The summed E-state index contributed by atoms with van der Waals surface area (Å²) in [6.07, 6.45) is 0.564. The minimum Gasteiger partial charge on any atom is -0.491 e. The van der Waals surface area contributed by atoms with E-state index in [0.29, 0.717) is 13.0 Å². The number of nitrogens with one attached hydrogen (secondary N) is 2. The van der Waals surface area contributed by atoms with Crippen LogP contribution in [0.3, 0.4) is 0 Å². The van der Waals surface area contributed by atoms with Crippen LogP contribution in [0.15, 0.2) is 46.9 Å². The first-order valence-corrected chi connectivity index (χ1v) is 8.80. The Hall–Kier alpha value is -2.01. The highest BCUT2D eigenvalue weighted by atomic mass is 79.9. The molecule has 0 saturated heterocycles. The Bertz CT molecular complexity index is 684. The Morgan fingerprint density at radius 1 is 1.17 bits per heavy atom. The summed E-state index contributed by atoms with van der Waals surface area (Å²) >= 11 is 3.42. The topological polar surface area (TPSA) is 50.4 Å². The van der Waals surface area contributed by atoms with Crippen LogP contribution in [0.4, 0.5) is 11.4 Å². The minimum atomic E-state index is -0.00677. The summed E-state index contributed by atoms with van der Waals surface area (Å²) in [4.78, 5) is 12.0. The number of anilines is 2. The molecule has 0 heterocycles. The Morgan fingerprint density at radius 2 is 1.88 bits per heavy atom. The fourth-order valence-electron chi connectivity index (χ4n) is 2.22. The average molecular weight is 391 g/mol. The van der Waals surface area contributed by atoms with E-state index in [-0.39, 0.29) is 12.0 Å². The number of benzene rings is 2. The number of carbonyl (C=O) groups is 1. The first-order valence-electron chi connectivity index (χ1n) is 8.00. The first kappa shape index (κ1) is 18.3. The standard InChI is InChI=1S/C19H23BrN2O2/c1-13(2)24-17-7-5-16(6-8-17)21-11-10-19(23)22-18-9-4-15(20)12-14(18)3/h4-9,12-13,21H,10-11H2,1-3H3,(H,22,23). The smallest absolute Gasteiger partial charge is 0.226 e. The highest BCUT2D eigenvalue weighted by molar-refractivity contribution is 9.10. The molecule has 2 N–H and O–H groups in total. The molecule has 4 nitrogen and oxygen atoms in total. The number of rotatable bonds is 7. The van der Waals surface area contributed by atoms with E-state index in [1.807, 2.05) is 63.2 Å². The van der Waals surface area contributed by atoms with Crippen LogP contribution >= 0.6 is 15.9 Å². The van der Waals surface area contributed by atoms with Crippen LogP contribution in [0.1, 0.15) is 25.8 Å². The second-order valence-corrected chi connectivity index (χ2v) is 6.79. The molecule has 0 aliphatic heterocycles. The van der Waals surface area contributed by atoms with E-state index >= 15 is 0 Å². The number of ether oxygens (including phenoxy) is 1. The summed E-state index contributed by atoms with van der Waals surface area (Å²) in [6, 6.07) is 13.6. The number of hydrogen-bond donors (Lipinski definition) is 2. The number of carbonyl (C=O) groups excluding carboxylic acids is 1. The molecule has 0 unspecified atom stereocenters. The van der Waals surface area contributed by atoms with Crippen LogP contribution in [-0.2, 0) is 4.79 Å². The molecule has 2 rings (SSSR count). The third kappa shape index (κ3) is 5.89. The van der Waals surface area contributed by atoms with Gasteiger partial charge in [-0.3, -0.25) is 4.79 Å². The lowest BCUT2D eigenvalue weighted by atomic mass is 10.2. The van der Waals surface area contributed by atoms with Crippen molar-refractivity contribution in [3.63, 3.8) is 0 Å². The molecule has 0 aliphatic carbocycles. The van der Waals surface area contributed by atoms with Gasteiger partial charge in [0.1, 0.15) is 5.75 Å². The van der Waals surface area contributed by atoms with Gasteiger partial charge in [-0.05, 0) is 68.8 Å². The molecule has 1 amide bonds. The molecule has 2 aromatic rings. The first-order chi connectivity index (χ1) is 11.4. The predicted molar refractivity (Wildman–Crippen MR) is 103 cm³/mol. The SMILES string of the molecule is Cc1cc(Br)ccc1NC(=O)CCNc1ccc(OC(C)C)cc1. The van der Waals surface area contributed by atoms with E-state index in [9.17, 15) is 4.79 Å². The maximum absolute atomic E-state index is 12.0. The van der Waals surface area contributed by atoms with E-state index in [1.54, 1.807) is 0 Å². The fraction of sp³-hybridized carbons (Fsp3) is 0.316. The van der Waals surface area contributed by atoms with Crippen molar-refractivity contribution in [1.82, 2.24) is 0 Å². The number of halogens is 1. The van der Waals surface area contributed by atoms with E-state index in [0.717, 1.165) is 27.2 Å². The molecule has 128 valence electrons. The van der Waals surface area contributed by atoms with Gasteiger partial charge in [-0.1, -0.05) is 15.9 Å². The quantitative estimate of drug-likeness (QED) is 0.700. The minimum absolute atomic E-state index is 0.00677. The van der Waals surface area contributed by atoms with Crippen molar-refractivity contribution in [1.29, 1.82) is 0 Å². The van der Waals surface area contributed by atoms with Crippen molar-refractivity contribution in [3.05, 3.63) is 52.5 Å². The van der Waals surface area contributed by atoms with Crippen molar-refractivity contribution in [2.75, 3.05) is 17.2 Å². The highest BCUT2D eigenvalue weighted by Crippen LogP contribution is 2.20. The van der Waals surface area contributed by atoms with Crippen molar-refractivity contribution < 1.29 is 9.53 Å². The van der Waals surface area contributed by atoms with Gasteiger partial charge in [0.05, 0.1) is 6.10 Å². The molecular formula is C19H23BrN2O2. The summed E-state index contributed by atoms with van der Waals surface area (Å²) in [6.45, 7) is 6.54. The van der Waals surface area contributed by atoms with Gasteiger partial charge in [-0.15, -0.1) is 0 Å². The van der Waals surface area contributed by atoms with Crippen LogP contribution in [0, 0.1) is 6.92 Å². The van der Waals surface area contributed by atoms with Gasteiger partial charge in [0, 0.05) is 28.8 Å². The van der Waals surface area contributed by atoms with Gasteiger partial charge in [-0.2, -0.15) is 0 Å². The van der Waals surface area contributed by atoms with Crippen molar-refractivity contribution in [2.24, 2.45) is 0 Å². The lowest BCUT2D eigenvalue weighted by molar-refractivity contribution is -0.115. The van der Waals surface area contributed by atoms with Crippen molar-refractivity contribution in [3.8, 4) is 5.75 Å². The zero-order chi connectivity index (χ0) is 17.5. The third-order valence-electron chi connectivity index (χ3n) is 3.37. The predicted octanol–water partition coefficient (Wildman–Crippen LogP) is 4.99. The summed E-state index contributed by atoms with van der Waals surface area (Å²) in [5, 5.41) is 6.18. The molecule has 0 aliphatic rings. The van der Waals surface area contributed by atoms with Crippen LogP contribution in [0.25, 0.3) is 0 Å². The van der Waals surface area contributed by atoms with E-state index in [4.69, 9.17) is 4.74 Å². The number of amides is 1. The van der Waals surface area contributed by atoms with Gasteiger partial charge in [-0.25, -0.2) is 0 Å². The summed E-state index contributed by atoms with van der Waals surface area (Å²) < 4.78 is 6.61. The summed E-state index contributed by atoms with van der Waals surface area (Å²) in [7, 11) is 0. The van der Waals surface area contributed by atoms with Crippen LogP contribution < -0.4 is 15.4 Å².